The normalized spacial score (nSPS) is 20.8. The van der Waals surface area contributed by atoms with Crippen LogP contribution in [0.4, 0.5) is 0 Å². The van der Waals surface area contributed by atoms with Crippen LogP contribution in [0.15, 0.2) is 24.3 Å². The largest absolute Gasteiger partial charge is 0.384 e. The van der Waals surface area contributed by atoms with Gasteiger partial charge in [-0.3, -0.25) is 4.98 Å². The number of nitrogens with zero attached hydrogens (tertiary/aromatic N) is 1. The highest BCUT2D eigenvalue weighted by molar-refractivity contribution is 5.48. The zero-order valence-electron chi connectivity index (χ0n) is 24.2. The van der Waals surface area contributed by atoms with Crippen molar-refractivity contribution in [3.8, 4) is 0 Å². The van der Waals surface area contributed by atoms with E-state index in [1.807, 2.05) is 13.8 Å². The number of ether oxygens (including phenoxy) is 2. The zero-order chi connectivity index (χ0) is 26.7. The molecule has 200 valence electrons. The highest BCUT2D eigenvalue weighted by Gasteiger charge is 2.38. The number of benzene rings is 1. The number of pyridine rings is 1. The molecule has 2 aromatic rings. The van der Waals surface area contributed by atoms with Gasteiger partial charge in [-0.05, 0) is 67.1 Å². The molecule has 2 atom stereocenters. The summed E-state index contributed by atoms with van der Waals surface area (Å²) in [4.78, 5) is 5.33. The molecule has 1 saturated heterocycles. The third-order valence-corrected chi connectivity index (χ3v) is 7.70. The molecular weight excluding hydrogens is 446 g/mol. The molecule has 0 radical (unpaired) electrons. The molecular formula is C32H49NO3. The van der Waals surface area contributed by atoms with Crippen LogP contribution in [0.1, 0.15) is 132 Å². The Labute approximate surface area is 219 Å². The Bertz CT molecular complexity index is 998. The van der Waals surface area contributed by atoms with Gasteiger partial charge >= 0.3 is 0 Å². The summed E-state index contributed by atoms with van der Waals surface area (Å²) < 4.78 is 11.9. The number of rotatable bonds is 5. The van der Waals surface area contributed by atoms with Gasteiger partial charge in [-0.25, -0.2) is 0 Å². The first-order valence-corrected chi connectivity index (χ1v) is 14.0. The molecule has 0 saturated carbocycles. The first kappa shape index (κ1) is 28.8. The van der Waals surface area contributed by atoms with Gasteiger partial charge in [0, 0.05) is 42.6 Å². The molecule has 4 nitrogen and oxygen atoms in total. The van der Waals surface area contributed by atoms with Crippen molar-refractivity contribution in [2.24, 2.45) is 5.41 Å². The van der Waals surface area contributed by atoms with Crippen LogP contribution in [0.3, 0.4) is 0 Å². The quantitative estimate of drug-likeness (QED) is 0.461. The Morgan fingerprint density at radius 3 is 2.28 bits per heavy atom. The number of aliphatic hydroxyl groups is 1. The third kappa shape index (κ3) is 6.20. The average Bonchev–Trinajstić information content (AvgIpc) is 2.84. The molecule has 1 aromatic heterocycles. The molecule has 1 fully saturated rings. The van der Waals surface area contributed by atoms with E-state index in [0.717, 1.165) is 67.0 Å². The van der Waals surface area contributed by atoms with Gasteiger partial charge in [-0.2, -0.15) is 0 Å². The molecule has 1 aliphatic carbocycles. The fourth-order valence-electron chi connectivity index (χ4n) is 5.81. The number of aliphatic hydroxyl groups excluding tert-OH is 1. The minimum absolute atomic E-state index is 0.0224. The smallest absolute Gasteiger partial charge is 0.106 e. The average molecular weight is 496 g/mol. The maximum Gasteiger partial charge on any atom is 0.106 e. The highest BCUT2D eigenvalue weighted by atomic mass is 16.5. The Morgan fingerprint density at radius 1 is 1.11 bits per heavy atom. The Balaban J connectivity index is 0.00000176. The first-order valence-electron chi connectivity index (χ1n) is 14.0. The standard InChI is InChI=1S/C30H43NO3.C2H6/c1-8-34-24-18-30(6,7)17-23-25(24)19(2)26(27(31-23)20-13-15-33-16-14-20)28(32)21-9-11-22(12-10-21)29(3,4)5;1-2/h9-12,20,24,28,32H,8,13-18H2,1-7H3;1-2H3/t24?,28-;/m0./s1. The van der Waals surface area contributed by atoms with Gasteiger partial charge in [0.1, 0.15) is 6.10 Å². The first-order chi connectivity index (χ1) is 17.0. The molecule has 2 aliphatic rings. The van der Waals surface area contributed by atoms with E-state index >= 15 is 0 Å². The van der Waals surface area contributed by atoms with E-state index in [2.05, 4.69) is 72.7 Å². The molecule has 0 amide bonds. The van der Waals surface area contributed by atoms with Crippen molar-refractivity contribution in [1.29, 1.82) is 0 Å². The van der Waals surface area contributed by atoms with Crippen LogP contribution in [0, 0.1) is 12.3 Å². The van der Waals surface area contributed by atoms with Crippen molar-refractivity contribution in [2.75, 3.05) is 19.8 Å². The van der Waals surface area contributed by atoms with Gasteiger partial charge in [0.2, 0.25) is 0 Å². The predicted molar refractivity (Wildman–Crippen MR) is 149 cm³/mol. The van der Waals surface area contributed by atoms with Gasteiger partial charge in [-0.1, -0.05) is 72.7 Å². The van der Waals surface area contributed by atoms with Gasteiger partial charge in [0.15, 0.2) is 0 Å². The SMILES string of the molecule is CC.CCOC1CC(C)(C)Cc2nc(C3CCOCC3)c([C@@H](O)c3ccc(C(C)(C)C)cc3)c(C)c21. The lowest BCUT2D eigenvalue weighted by molar-refractivity contribution is 0.0182. The highest BCUT2D eigenvalue weighted by Crippen LogP contribution is 2.47. The second kappa shape index (κ2) is 11.8. The summed E-state index contributed by atoms with van der Waals surface area (Å²) in [5, 5.41) is 11.8. The number of hydrogen-bond acceptors (Lipinski definition) is 4. The summed E-state index contributed by atoms with van der Waals surface area (Å²) in [6, 6.07) is 8.47. The monoisotopic (exact) mass is 495 g/mol. The summed E-state index contributed by atoms with van der Waals surface area (Å²) in [6.45, 7) is 21.7. The van der Waals surface area contributed by atoms with E-state index in [1.165, 1.54) is 11.1 Å². The lowest BCUT2D eigenvalue weighted by Crippen LogP contribution is -2.31. The van der Waals surface area contributed by atoms with E-state index in [9.17, 15) is 5.11 Å². The van der Waals surface area contributed by atoms with E-state index < -0.39 is 6.10 Å². The topological polar surface area (TPSA) is 51.6 Å². The number of aromatic nitrogens is 1. The molecule has 36 heavy (non-hydrogen) atoms. The fourth-order valence-corrected chi connectivity index (χ4v) is 5.81. The van der Waals surface area contributed by atoms with E-state index in [-0.39, 0.29) is 16.9 Å². The van der Waals surface area contributed by atoms with Crippen molar-refractivity contribution in [3.05, 3.63) is 63.5 Å². The van der Waals surface area contributed by atoms with Crippen LogP contribution in [0.2, 0.25) is 0 Å². The second-order valence-electron chi connectivity index (χ2n) is 12.0. The van der Waals surface area contributed by atoms with Crippen molar-refractivity contribution in [1.82, 2.24) is 4.98 Å². The minimum atomic E-state index is -0.707. The maximum atomic E-state index is 11.8. The lowest BCUT2D eigenvalue weighted by atomic mass is 9.72. The van der Waals surface area contributed by atoms with Crippen molar-refractivity contribution < 1.29 is 14.6 Å². The van der Waals surface area contributed by atoms with Crippen LogP contribution in [-0.2, 0) is 21.3 Å². The Morgan fingerprint density at radius 2 is 1.72 bits per heavy atom. The molecule has 4 heteroatoms. The summed E-state index contributed by atoms with van der Waals surface area (Å²) in [5.41, 5.74) is 8.00. The van der Waals surface area contributed by atoms with Gasteiger partial charge in [-0.15, -0.1) is 0 Å². The number of fused-ring (bicyclic) bond motifs is 1. The molecule has 1 unspecified atom stereocenters. The molecule has 1 aliphatic heterocycles. The van der Waals surface area contributed by atoms with E-state index in [1.54, 1.807) is 0 Å². The van der Waals surface area contributed by atoms with Crippen LogP contribution in [0.25, 0.3) is 0 Å². The molecule has 2 heterocycles. The molecule has 0 spiro atoms. The lowest BCUT2D eigenvalue weighted by Gasteiger charge is -2.39. The van der Waals surface area contributed by atoms with E-state index in [4.69, 9.17) is 14.5 Å². The van der Waals surface area contributed by atoms with Crippen molar-refractivity contribution in [3.63, 3.8) is 0 Å². The molecule has 1 N–H and O–H groups in total. The fraction of sp³-hybridized carbons (Fsp3) is 0.656. The van der Waals surface area contributed by atoms with Crippen LogP contribution in [-0.4, -0.2) is 29.9 Å². The van der Waals surface area contributed by atoms with Crippen LogP contribution in [0.5, 0.6) is 0 Å². The summed E-state index contributed by atoms with van der Waals surface area (Å²) in [6.07, 6.45) is 3.14. The second-order valence-corrected chi connectivity index (χ2v) is 12.0. The van der Waals surface area contributed by atoms with Crippen LogP contribution < -0.4 is 0 Å². The number of hydrogen-bond donors (Lipinski definition) is 1. The summed E-state index contributed by atoms with van der Waals surface area (Å²) in [5.74, 6) is 0.312. The zero-order valence-corrected chi connectivity index (χ0v) is 24.2. The Hall–Kier alpha value is -1.75. The van der Waals surface area contributed by atoms with Crippen LogP contribution >= 0.6 is 0 Å². The summed E-state index contributed by atoms with van der Waals surface area (Å²) >= 11 is 0. The van der Waals surface area contributed by atoms with E-state index in [0.29, 0.717) is 12.5 Å². The molecule has 4 rings (SSSR count). The predicted octanol–water partition coefficient (Wildman–Crippen LogP) is 7.74. The third-order valence-electron chi connectivity index (χ3n) is 7.70. The molecule has 1 aromatic carbocycles. The van der Waals surface area contributed by atoms with Gasteiger partial charge in [0.05, 0.1) is 11.8 Å². The maximum absolute atomic E-state index is 11.8. The van der Waals surface area contributed by atoms with Gasteiger partial charge in [0.25, 0.3) is 0 Å². The Kier molecular flexibility index (Phi) is 9.41. The van der Waals surface area contributed by atoms with Crippen molar-refractivity contribution in [2.45, 2.75) is 112 Å². The molecule has 0 bridgehead atoms. The van der Waals surface area contributed by atoms with Gasteiger partial charge < -0.3 is 14.6 Å². The minimum Gasteiger partial charge on any atom is -0.384 e. The van der Waals surface area contributed by atoms with Crippen molar-refractivity contribution >= 4 is 0 Å². The summed E-state index contributed by atoms with van der Waals surface area (Å²) in [7, 11) is 0.